The monoisotopic (exact) mass is 333 g/mol. The van der Waals surface area contributed by atoms with Crippen molar-refractivity contribution in [2.45, 2.75) is 19.4 Å². The molecule has 0 saturated carbocycles. The second-order valence-corrected chi connectivity index (χ2v) is 5.97. The molecule has 118 valence electrons. The fourth-order valence-corrected chi connectivity index (χ4v) is 2.58. The van der Waals surface area contributed by atoms with E-state index in [1.807, 2.05) is 13.8 Å². The quantitative estimate of drug-likeness (QED) is 0.623. The van der Waals surface area contributed by atoms with Gasteiger partial charge in [0.1, 0.15) is 22.1 Å². The molecule has 0 unspecified atom stereocenters. The molecule has 23 heavy (non-hydrogen) atoms. The number of pyridine rings is 2. The zero-order chi connectivity index (χ0) is 16.8. The van der Waals surface area contributed by atoms with Crippen LogP contribution in [0.3, 0.4) is 0 Å². The van der Waals surface area contributed by atoms with Crippen LogP contribution in [0.2, 0.25) is 5.02 Å². The Kier molecular flexibility index (Phi) is 3.45. The van der Waals surface area contributed by atoms with Gasteiger partial charge in [-0.1, -0.05) is 11.6 Å². The zero-order valence-electron chi connectivity index (χ0n) is 12.3. The van der Waals surface area contributed by atoms with Gasteiger partial charge in [0.15, 0.2) is 0 Å². The number of fused-ring (bicyclic) bond motifs is 1. The van der Waals surface area contributed by atoms with E-state index < -0.39 is 16.1 Å². The molecule has 0 amide bonds. The average molecular weight is 334 g/mol. The first kappa shape index (κ1) is 15.2. The van der Waals surface area contributed by atoms with E-state index in [0.717, 1.165) is 16.8 Å². The van der Waals surface area contributed by atoms with Crippen LogP contribution in [-0.2, 0) is 0 Å². The Labute approximate surface area is 135 Å². The van der Waals surface area contributed by atoms with Crippen molar-refractivity contribution in [2.24, 2.45) is 0 Å². The second-order valence-electron chi connectivity index (χ2n) is 5.56. The summed E-state index contributed by atoms with van der Waals surface area (Å²) < 4.78 is 6.93. The summed E-state index contributed by atoms with van der Waals surface area (Å²) in [5.74, 6) is 0.490. The van der Waals surface area contributed by atoms with Gasteiger partial charge in [0, 0.05) is 12.3 Å². The molecule has 0 N–H and O–H groups in total. The largest absolute Gasteiger partial charge is 0.481 e. The number of nitrogens with zero attached hydrogens (tertiary/aromatic N) is 3. The molecular weight excluding hydrogens is 322 g/mol. The maximum absolute atomic E-state index is 12.4. The minimum atomic E-state index is -0.706. The topological polar surface area (TPSA) is 87.3 Å². The van der Waals surface area contributed by atoms with E-state index >= 15 is 0 Å². The molecule has 0 saturated heterocycles. The van der Waals surface area contributed by atoms with Crippen molar-refractivity contribution in [1.82, 2.24) is 9.55 Å². The lowest BCUT2D eigenvalue weighted by molar-refractivity contribution is -0.385. The molecule has 1 aliphatic heterocycles. The molecule has 0 radical (unpaired) electrons. The average Bonchev–Trinajstić information content (AvgIpc) is 2.48. The first-order valence-electron chi connectivity index (χ1n) is 6.73. The fourth-order valence-electron chi connectivity index (χ4n) is 2.37. The zero-order valence-corrected chi connectivity index (χ0v) is 13.1. The lowest BCUT2D eigenvalue weighted by Crippen LogP contribution is -2.32. The predicted octanol–water partition coefficient (Wildman–Crippen LogP) is 2.87. The highest BCUT2D eigenvalue weighted by molar-refractivity contribution is 6.30. The van der Waals surface area contributed by atoms with Crippen LogP contribution < -0.4 is 10.3 Å². The number of aromatic nitrogens is 2. The van der Waals surface area contributed by atoms with Gasteiger partial charge < -0.3 is 4.74 Å². The van der Waals surface area contributed by atoms with Crippen molar-refractivity contribution in [3.8, 4) is 5.75 Å². The van der Waals surface area contributed by atoms with Gasteiger partial charge in [-0.05, 0) is 32.1 Å². The van der Waals surface area contributed by atoms with Gasteiger partial charge in [-0.15, -0.1) is 0 Å². The third-order valence-electron chi connectivity index (χ3n) is 3.30. The number of hydrogen-bond acceptors (Lipinski definition) is 5. The smallest absolute Gasteiger partial charge is 0.287 e. The predicted molar refractivity (Wildman–Crippen MR) is 84.7 cm³/mol. The van der Waals surface area contributed by atoms with Crippen LogP contribution in [0.5, 0.6) is 5.75 Å². The summed E-state index contributed by atoms with van der Waals surface area (Å²) in [6.07, 6.45) is 4.38. The highest BCUT2D eigenvalue weighted by Gasteiger charge is 2.29. The maximum Gasteiger partial charge on any atom is 0.287 e. The molecule has 0 aliphatic carbocycles. The third kappa shape index (κ3) is 2.70. The van der Waals surface area contributed by atoms with Gasteiger partial charge in [0.25, 0.3) is 11.2 Å². The molecule has 3 heterocycles. The van der Waals surface area contributed by atoms with Crippen LogP contribution in [0, 0.1) is 10.1 Å². The van der Waals surface area contributed by atoms with E-state index in [2.05, 4.69) is 4.98 Å². The number of ether oxygens (including phenoxy) is 1. The summed E-state index contributed by atoms with van der Waals surface area (Å²) in [6, 6.07) is 4.47. The third-order valence-corrected chi connectivity index (χ3v) is 3.57. The highest BCUT2D eigenvalue weighted by atomic mass is 35.5. The Hall–Kier alpha value is -2.67. The summed E-state index contributed by atoms with van der Waals surface area (Å²) in [5.41, 5.74) is -0.727. The Bertz CT molecular complexity index is 902. The Morgan fingerprint density at radius 2 is 2.17 bits per heavy atom. The molecular formula is C15H12ClN3O4. The Morgan fingerprint density at radius 1 is 1.43 bits per heavy atom. The first-order chi connectivity index (χ1) is 10.8. The number of rotatable bonds is 2. The van der Waals surface area contributed by atoms with E-state index in [1.165, 1.54) is 0 Å². The summed E-state index contributed by atoms with van der Waals surface area (Å²) in [7, 11) is 0. The second kappa shape index (κ2) is 5.20. The van der Waals surface area contributed by atoms with Crippen LogP contribution in [0.4, 0.5) is 5.69 Å². The van der Waals surface area contributed by atoms with Gasteiger partial charge in [0.05, 0.1) is 16.8 Å². The maximum atomic E-state index is 12.4. The van der Waals surface area contributed by atoms with Crippen molar-refractivity contribution in [2.75, 3.05) is 0 Å². The molecule has 0 atom stereocenters. The summed E-state index contributed by atoms with van der Waals surface area (Å²) >= 11 is 5.86. The van der Waals surface area contributed by atoms with E-state index in [9.17, 15) is 14.9 Å². The van der Waals surface area contributed by atoms with Crippen LogP contribution >= 0.6 is 11.6 Å². The molecule has 8 heteroatoms. The van der Waals surface area contributed by atoms with Crippen LogP contribution in [-0.4, -0.2) is 20.1 Å². The first-order valence-corrected chi connectivity index (χ1v) is 7.10. The van der Waals surface area contributed by atoms with E-state index in [-0.39, 0.29) is 10.7 Å². The van der Waals surface area contributed by atoms with Crippen molar-refractivity contribution in [1.29, 1.82) is 0 Å². The lowest BCUT2D eigenvalue weighted by Gasteiger charge is -2.30. The standard InChI is InChI=1S/C15H12ClN3O4/c1-15(2)7-11(13-12(23-15)4-3-5-17-13)18-8-9(19(21)22)6-10(16)14(18)20/h3-8H,1-2H3. The molecule has 0 bridgehead atoms. The Balaban J connectivity index is 2.31. The minimum absolute atomic E-state index is 0.234. The van der Waals surface area contributed by atoms with Crippen LogP contribution in [0.25, 0.3) is 5.70 Å². The fraction of sp³-hybridized carbons (Fsp3) is 0.200. The lowest BCUT2D eigenvalue weighted by atomic mass is 10.0. The number of halogens is 1. The summed E-state index contributed by atoms with van der Waals surface area (Å²) in [4.78, 5) is 27.0. The molecule has 7 nitrogen and oxygen atoms in total. The molecule has 0 aromatic carbocycles. The van der Waals surface area contributed by atoms with E-state index in [0.29, 0.717) is 17.1 Å². The molecule has 2 aromatic heterocycles. The van der Waals surface area contributed by atoms with Crippen molar-refractivity contribution < 1.29 is 9.66 Å². The molecule has 3 rings (SSSR count). The summed E-state index contributed by atoms with van der Waals surface area (Å²) in [6.45, 7) is 3.62. The van der Waals surface area contributed by atoms with Gasteiger partial charge in [-0.2, -0.15) is 0 Å². The highest BCUT2D eigenvalue weighted by Crippen LogP contribution is 2.35. The molecule has 0 spiro atoms. The van der Waals surface area contributed by atoms with Crippen LogP contribution in [0.15, 0.2) is 41.5 Å². The number of hydrogen-bond donors (Lipinski definition) is 0. The van der Waals surface area contributed by atoms with Gasteiger partial charge in [-0.3, -0.25) is 24.5 Å². The van der Waals surface area contributed by atoms with E-state index in [1.54, 1.807) is 24.4 Å². The Morgan fingerprint density at radius 3 is 2.87 bits per heavy atom. The van der Waals surface area contributed by atoms with E-state index in [4.69, 9.17) is 16.3 Å². The molecule has 1 aliphatic rings. The van der Waals surface area contributed by atoms with Crippen LogP contribution in [0.1, 0.15) is 19.5 Å². The summed E-state index contributed by atoms with van der Waals surface area (Å²) in [5, 5.41) is 10.8. The minimum Gasteiger partial charge on any atom is -0.481 e. The van der Waals surface area contributed by atoms with Gasteiger partial charge >= 0.3 is 0 Å². The van der Waals surface area contributed by atoms with Crippen molar-refractivity contribution in [3.05, 3.63) is 67.9 Å². The normalized spacial score (nSPS) is 15.3. The number of nitro groups is 1. The SMILES string of the molecule is CC1(C)C=C(n2cc([N+](=O)[O-])cc(Cl)c2=O)c2ncccc2O1. The molecule has 0 fully saturated rings. The van der Waals surface area contributed by atoms with Crippen molar-refractivity contribution >= 4 is 23.0 Å². The van der Waals surface area contributed by atoms with Crippen molar-refractivity contribution in [3.63, 3.8) is 0 Å². The van der Waals surface area contributed by atoms with Gasteiger partial charge in [0.2, 0.25) is 0 Å². The molecule has 2 aromatic rings. The van der Waals surface area contributed by atoms with Gasteiger partial charge in [-0.25, -0.2) is 0 Å².